The molecule has 0 unspecified atom stereocenters. The number of nitrogens with zero attached hydrogens (tertiary/aromatic N) is 1. The molecule has 8 nitrogen and oxygen atoms in total. The number of allylic oxidation sites excluding steroid dienone is 1. The minimum atomic E-state index is -2.86. The van der Waals surface area contributed by atoms with Crippen LogP contribution in [0.4, 0.5) is 0 Å². The maximum absolute atomic E-state index is 13.1. The number of rotatable bonds is 10. The first-order valence-electron chi connectivity index (χ1n) is 20.3. The third kappa shape index (κ3) is 6.57. The molecule has 0 spiro atoms. The van der Waals surface area contributed by atoms with Crippen molar-refractivity contribution in [3.05, 3.63) is 12.2 Å². The fraction of sp³-hybridized carbons (Fsp3) is 0.905. The number of hydrogen-bond acceptors (Lipinski definition) is 7. The van der Waals surface area contributed by atoms with Crippen molar-refractivity contribution in [1.82, 2.24) is 10.2 Å². The smallest absolute Gasteiger partial charge is 0.309 e. The molecule has 5 aliphatic carbocycles. The largest absolute Gasteiger partial charge is 0.481 e. The lowest BCUT2D eigenvalue weighted by Gasteiger charge is -2.73. The Labute approximate surface area is 309 Å². The van der Waals surface area contributed by atoms with E-state index in [2.05, 4.69) is 58.3 Å². The lowest BCUT2D eigenvalue weighted by molar-refractivity contribution is -0.250. The van der Waals surface area contributed by atoms with E-state index in [4.69, 9.17) is 4.74 Å². The van der Waals surface area contributed by atoms with Gasteiger partial charge in [0.05, 0.1) is 23.3 Å². The first-order valence-corrected chi connectivity index (χ1v) is 22.2. The SMILES string of the molecule is C=C(C)[C@@H]1CC[C@]2(CNCCN3CCS(=O)(=O)CC3)CC[C@]3(C)[C@H](CC[C@@H]4[C@@]5(C)CC[C@H](OC(=O)CC(C)(C)C(=O)O)C(C)(C)[C@@H]5CC[C@]43C)[C@@H]12. The van der Waals surface area contributed by atoms with Crippen LogP contribution in [-0.2, 0) is 24.2 Å². The second-order valence-corrected chi connectivity index (χ2v) is 22.7. The van der Waals surface area contributed by atoms with Crippen molar-refractivity contribution >= 4 is 21.8 Å². The van der Waals surface area contributed by atoms with Gasteiger partial charge < -0.3 is 20.1 Å². The quantitative estimate of drug-likeness (QED) is 0.136. The maximum Gasteiger partial charge on any atom is 0.309 e. The van der Waals surface area contributed by atoms with Gasteiger partial charge in [0.1, 0.15) is 6.10 Å². The molecule has 5 saturated carbocycles. The average molecular weight is 731 g/mol. The van der Waals surface area contributed by atoms with Gasteiger partial charge in [0.2, 0.25) is 0 Å². The summed E-state index contributed by atoms with van der Waals surface area (Å²) in [5.41, 5.74) is 1.01. The van der Waals surface area contributed by atoms with E-state index in [9.17, 15) is 23.1 Å². The summed E-state index contributed by atoms with van der Waals surface area (Å²) >= 11 is 0. The Morgan fingerprint density at radius 2 is 1.59 bits per heavy atom. The Morgan fingerprint density at radius 3 is 2.24 bits per heavy atom. The fourth-order valence-corrected chi connectivity index (χ4v) is 15.2. The van der Waals surface area contributed by atoms with Crippen molar-refractivity contribution in [2.75, 3.05) is 44.2 Å². The molecule has 6 rings (SSSR count). The van der Waals surface area contributed by atoms with Crippen molar-refractivity contribution in [3.63, 3.8) is 0 Å². The van der Waals surface area contributed by atoms with Crippen molar-refractivity contribution in [1.29, 1.82) is 0 Å². The van der Waals surface area contributed by atoms with Crippen molar-refractivity contribution in [3.8, 4) is 0 Å². The Bertz CT molecular complexity index is 1480. The van der Waals surface area contributed by atoms with Gasteiger partial charge in [-0.3, -0.25) is 9.59 Å². The van der Waals surface area contributed by atoms with E-state index in [0.29, 0.717) is 48.1 Å². The zero-order chi connectivity index (χ0) is 37.4. The number of nitrogens with one attached hydrogen (secondary N) is 1. The van der Waals surface area contributed by atoms with Crippen LogP contribution < -0.4 is 5.32 Å². The second kappa shape index (κ2) is 13.4. The molecule has 6 aliphatic rings. The van der Waals surface area contributed by atoms with E-state index in [1.807, 2.05) is 0 Å². The summed E-state index contributed by atoms with van der Waals surface area (Å²) in [6, 6.07) is 0. The van der Waals surface area contributed by atoms with Crippen LogP contribution in [0.1, 0.15) is 126 Å². The zero-order valence-corrected chi connectivity index (χ0v) is 34.1. The average Bonchev–Trinajstić information content (AvgIpc) is 3.41. The van der Waals surface area contributed by atoms with E-state index in [1.54, 1.807) is 13.8 Å². The van der Waals surface area contributed by atoms with E-state index in [1.165, 1.54) is 50.5 Å². The Morgan fingerprint density at radius 1 is 0.902 bits per heavy atom. The summed E-state index contributed by atoms with van der Waals surface area (Å²) in [7, 11) is -2.86. The lowest BCUT2D eigenvalue weighted by atomic mass is 9.32. The van der Waals surface area contributed by atoms with Gasteiger partial charge in [0.25, 0.3) is 0 Å². The molecule has 10 atom stereocenters. The van der Waals surface area contributed by atoms with E-state index < -0.39 is 21.2 Å². The molecule has 6 fully saturated rings. The minimum Gasteiger partial charge on any atom is -0.481 e. The van der Waals surface area contributed by atoms with E-state index in [0.717, 1.165) is 38.9 Å². The zero-order valence-electron chi connectivity index (χ0n) is 33.2. The highest BCUT2D eigenvalue weighted by atomic mass is 32.2. The van der Waals surface area contributed by atoms with Crippen molar-refractivity contribution < 1.29 is 27.9 Å². The number of carboxylic acid groups (broad SMARTS) is 1. The first kappa shape index (κ1) is 39.2. The lowest BCUT2D eigenvalue weighted by Crippen LogP contribution is -2.67. The summed E-state index contributed by atoms with van der Waals surface area (Å²) in [4.78, 5) is 27.1. The number of fused-ring (bicyclic) bond motifs is 7. The molecule has 0 radical (unpaired) electrons. The fourth-order valence-electron chi connectivity index (χ4n) is 14.0. The topological polar surface area (TPSA) is 113 Å². The molecule has 1 saturated heterocycles. The van der Waals surface area contributed by atoms with Gasteiger partial charge in [-0.05, 0) is 136 Å². The summed E-state index contributed by atoms with van der Waals surface area (Å²) in [6.45, 7) is 26.8. The van der Waals surface area contributed by atoms with Crippen LogP contribution in [0, 0.1) is 62.1 Å². The normalized spacial score (nSPS) is 43.2. The van der Waals surface area contributed by atoms with Crippen LogP contribution in [0.3, 0.4) is 0 Å². The van der Waals surface area contributed by atoms with Gasteiger partial charge in [0, 0.05) is 38.1 Å². The number of carbonyl (C=O) groups excluding carboxylic acids is 1. The molecule has 0 aromatic rings. The minimum absolute atomic E-state index is 0.106. The first-order chi connectivity index (χ1) is 23.6. The predicted molar refractivity (Wildman–Crippen MR) is 203 cm³/mol. The second-order valence-electron chi connectivity index (χ2n) is 20.4. The molecule has 0 bridgehead atoms. The Kier molecular flexibility index (Phi) is 10.3. The Balaban J connectivity index is 1.18. The van der Waals surface area contributed by atoms with Crippen LogP contribution in [0.25, 0.3) is 0 Å². The highest BCUT2D eigenvalue weighted by Crippen LogP contribution is 2.77. The van der Waals surface area contributed by atoms with Gasteiger partial charge >= 0.3 is 11.9 Å². The highest BCUT2D eigenvalue weighted by molar-refractivity contribution is 7.91. The molecule has 0 amide bonds. The highest BCUT2D eigenvalue weighted by Gasteiger charge is 2.71. The van der Waals surface area contributed by atoms with E-state index in [-0.39, 0.29) is 51.7 Å². The number of sulfone groups is 1. The van der Waals surface area contributed by atoms with Crippen molar-refractivity contribution in [2.45, 2.75) is 132 Å². The number of esters is 1. The van der Waals surface area contributed by atoms with Crippen LogP contribution in [-0.4, -0.2) is 80.7 Å². The number of carboxylic acids is 1. The van der Waals surface area contributed by atoms with Gasteiger partial charge in [-0.15, -0.1) is 0 Å². The van der Waals surface area contributed by atoms with Crippen molar-refractivity contribution in [2.24, 2.45) is 62.1 Å². The number of carbonyl (C=O) groups is 2. The van der Waals surface area contributed by atoms with Crippen LogP contribution in [0.15, 0.2) is 12.2 Å². The van der Waals surface area contributed by atoms with Gasteiger partial charge in [0.15, 0.2) is 9.84 Å². The molecule has 0 aromatic heterocycles. The standard InChI is InChI=1S/C42H70N2O6S/c1-28(2)29-12-17-42(27-43-20-21-44-22-24-51(48,49)25-23-44)19-18-40(8)30(35(29)42)10-11-32-39(7)15-14-33(50-34(45)26-37(3,4)36(46)47)38(5,6)31(39)13-16-41(32,40)9/h29-33,35,43H,1,10-27H2,2-9H3,(H,46,47)/t29-,30+,31-,32+,33-,35+,39-,40+,41+,42+/m0/s1. The predicted octanol–water partition coefficient (Wildman–Crippen LogP) is 7.38. The summed E-state index contributed by atoms with van der Waals surface area (Å²) in [6.07, 6.45) is 11.6. The van der Waals surface area contributed by atoms with Crippen LogP contribution in [0.2, 0.25) is 0 Å². The van der Waals surface area contributed by atoms with E-state index >= 15 is 0 Å². The molecule has 290 valence electrons. The maximum atomic E-state index is 13.1. The number of ether oxygens (including phenoxy) is 1. The molecule has 1 heterocycles. The molecule has 2 N–H and O–H groups in total. The monoisotopic (exact) mass is 730 g/mol. The van der Waals surface area contributed by atoms with Gasteiger partial charge in [-0.2, -0.15) is 0 Å². The molecule has 1 aliphatic heterocycles. The number of hydrogen-bond donors (Lipinski definition) is 2. The summed E-state index contributed by atoms with van der Waals surface area (Å²) in [5.74, 6) is 2.19. The molecular formula is C42H70N2O6S. The van der Waals surface area contributed by atoms with Gasteiger partial charge in [-0.1, -0.05) is 46.8 Å². The third-order valence-corrected chi connectivity index (χ3v) is 18.7. The third-order valence-electron chi connectivity index (χ3n) is 17.1. The molecule has 51 heavy (non-hydrogen) atoms. The number of aliphatic carboxylic acids is 1. The summed E-state index contributed by atoms with van der Waals surface area (Å²) in [5, 5.41) is 13.5. The van der Waals surface area contributed by atoms with Gasteiger partial charge in [-0.25, -0.2) is 8.42 Å². The molecule has 0 aromatic carbocycles. The van der Waals surface area contributed by atoms with Crippen LogP contribution >= 0.6 is 0 Å². The Hall–Kier alpha value is -1.45. The molecular weight excluding hydrogens is 661 g/mol. The van der Waals surface area contributed by atoms with Crippen LogP contribution in [0.5, 0.6) is 0 Å². The molecule has 9 heteroatoms. The summed E-state index contributed by atoms with van der Waals surface area (Å²) < 4.78 is 30.1.